The number of nitrogens with one attached hydrogen (secondary N) is 1. The van der Waals surface area contributed by atoms with Crippen molar-refractivity contribution in [3.8, 4) is 0 Å². The van der Waals surface area contributed by atoms with Gasteiger partial charge in [0.1, 0.15) is 0 Å². The summed E-state index contributed by atoms with van der Waals surface area (Å²) in [6.07, 6.45) is 2.13. The SMILES string of the molecule is CCC(CCOCCOC)(CNC(C)C)c1ccccc1. The number of benzene rings is 1. The molecular formula is C18H31NO2. The second-order valence-corrected chi connectivity index (χ2v) is 5.89. The Kier molecular flexibility index (Phi) is 8.58. The van der Waals surface area contributed by atoms with Gasteiger partial charge in [0.25, 0.3) is 0 Å². The topological polar surface area (TPSA) is 30.5 Å². The molecule has 120 valence electrons. The lowest BCUT2D eigenvalue weighted by atomic mass is 9.75. The summed E-state index contributed by atoms with van der Waals surface area (Å²) in [7, 11) is 1.70. The Hall–Kier alpha value is -0.900. The van der Waals surface area contributed by atoms with Gasteiger partial charge in [-0.25, -0.2) is 0 Å². The minimum absolute atomic E-state index is 0.138. The highest BCUT2D eigenvalue weighted by molar-refractivity contribution is 5.26. The molecule has 0 bridgehead atoms. The van der Waals surface area contributed by atoms with Gasteiger partial charge in [0.2, 0.25) is 0 Å². The van der Waals surface area contributed by atoms with Crippen LogP contribution < -0.4 is 5.32 Å². The van der Waals surface area contributed by atoms with Crippen LogP contribution in [0.3, 0.4) is 0 Å². The average Bonchev–Trinajstić information content (AvgIpc) is 2.51. The lowest BCUT2D eigenvalue weighted by molar-refractivity contribution is 0.0596. The molecule has 3 nitrogen and oxygen atoms in total. The van der Waals surface area contributed by atoms with Crippen LogP contribution in [0, 0.1) is 0 Å². The van der Waals surface area contributed by atoms with Gasteiger partial charge < -0.3 is 14.8 Å². The molecule has 1 atom stereocenters. The summed E-state index contributed by atoms with van der Waals surface area (Å²) in [6.45, 7) is 9.74. The smallest absolute Gasteiger partial charge is 0.0700 e. The van der Waals surface area contributed by atoms with E-state index in [9.17, 15) is 0 Å². The molecule has 0 saturated carbocycles. The molecule has 0 aliphatic carbocycles. The molecule has 1 unspecified atom stereocenters. The van der Waals surface area contributed by atoms with Crippen LogP contribution in [0.15, 0.2) is 30.3 Å². The van der Waals surface area contributed by atoms with Crippen LogP contribution in [0.25, 0.3) is 0 Å². The molecule has 0 aliphatic heterocycles. The van der Waals surface area contributed by atoms with Crippen molar-refractivity contribution < 1.29 is 9.47 Å². The van der Waals surface area contributed by atoms with Gasteiger partial charge in [-0.05, 0) is 18.4 Å². The van der Waals surface area contributed by atoms with Gasteiger partial charge in [-0.1, -0.05) is 51.1 Å². The fraction of sp³-hybridized carbons (Fsp3) is 0.667. The quantitative estimate of drug-likeness (QED) is 0.634. The van der Waals surface area contributed by atoms with E-state index in [1.54, 1.807) is 7.11 Å². The number of hydrogen-bond donors (Lipinski definition) is 1. The normalized spacial score (nSPS) is 14.3. The Bertz CT molecular complexity index is 367. The van der Waals surface area contributed by atoms with E-state index in [0.29, 0.717) is 19.3 Å². The third-order valence-electron chi connectivity index (χ3n) is 4.07. The van der Waals surface area contributed by atoms with Crippen LogP contribution in [0.4, 0.5) is 0 Å². The van der Waals surface area contributed by atoms with Crippen molar-refractivity contribution in [3.63, 3.8) is 0 Å². The van der Waals surface area contributed by atoms with E-state index in [-0.39, 0.29) is 5.41 Å². The van der Waals surface area contributed by atoms with Gasteiger partial charge in [-0.3, -0.25) is 0 Å². The average molecular weight is 293 g/mol. The molecule has 0 amide bonds. The van der Waals surface area contributed by atoms with Gasteiger partial charge in [0, 0.05) is 31.7 Å². The Morgan fingerprint density at radius 2 is 1.81 bits per heavy atom. The standard InChI is InChI=1S/C18H31NO2/c1-5-18(15-19-16(2)3,11-12-21-14-13-20-4)17-9-7-6-8-10-17/h6-10,16,19H,5,11-15H2,1-4H3. The first-order valence-electron chi connectivity index (χ1n) is 8.00. The highest BCUT2D eigenvalue weighted by Gasteiger charge is 2.29. The first-order chi connectivity index (χ1) is 10.1. The first kappa shape index (κ1) is 18.1. The van der Waals surface area contributed by atoms with E-state index in [1.165, 1.54) is 5.56 Å². The molecule has 0 spiro atoms. The van der Waals surface area contributed by atoms with Crippen molar-refractivity contribution in [3.05, 3.63) is 35.9 Å². The van der Waals surface area contributed by atoms with Crippen LogP contribution in [0.5, 0.6) is 0 Å². The Morgan fingerprint density at radius 3 is 2.38 bits per heavy atom. The summed E-state index contributed by atoms with van der Waals surface area (Å²) in [4.78, 5) is 0. The zero-order valence-corrected chi connectivity index (χ0v) is 14.0. The van der Waals surface area contributed by atoms with Crippen LogP contribution in [-0.2, 0) is 14.9 Å². The summed E-state index contributed by atoms with van der Waals surface area (Å²) >= 11 is 0. The molecule has 21 heavy (non-hydrogen) atoms. The fourth-order valence-corrected chi connectivity index (χ4v) is 2.54. The van der Waals surface area contributed by atoms with Crippen LogP contribution >= 0.6 is 0 Å². The van der Waals surface area contributed by atoms with Crippen molar-refractivity contribution >= 4 is 0 Å². The Labute approximate surface area is 130 Å². The fourth-order valence-electron chi connectivity index (χ4n) is 2.54. The van der Waals surface area contributed by atoms with Gasteiger partial charge in [0.15, 0.2) is 0 Å². The first-order valence-corrected chi connectivity index (χ1v) is 8.00. The van der Waals surface area contributed by atoms with Gasteiger partial charge in [-0.15, -0.1) is 0 Å². The van der Waals surface area contributed by atoms with Gasteiger partial charge >= 0.3 is 0 Å². The van der Waals surface area contributed by atoms with Crippen molar-refractivity contribution in [2.24, 2.45) is 0 Å². The Balaban J connectivity index is 2.72. The number of ether oxygens (including phenoxy) is 2. The third-order valence-corrected chi connectivity index (χ3v) is 4.07. The molecule has 0 radical (unpaired) electrons. The zero-order valence-electron chi connectivity index (χ0n) is 14.0. The van der Waals surface area contributed by atoms with E-state index in [2.05, 4.69) is 56.4 Å². The molecule has 1 aromatic carbocycles. The molecule has 0 aliphatic rings. The Morgan fingerprint density at radius 1 is 1.10 bits per heavy atom. The predicted molar refractivity (Wildman–Crippen MR) is 88.9 cm³/mol. The maximum atomic E-state index is 5.71. The lowest BCUT2D eigenvalue weighted by Gasteiger charge is -2.34. The summed E-state index contributed by atoms with van der Waals surface area (Å²) in [5.74, 6) is 0. The highest BCUT2D eigenvalue weighted by Crippen LogP contribution is 2.31. The van der Waals surface area contributed by atoms with Gasteiger partial charge in [0.05, 0.1) is 13.2 Å². The summed E-state index contributed by atoms with van der Waals surface area (Å²) in [5.41, 5.74) is 1.54. The molecular weight excluding hydrogens is 262 g/mol. The van der Waals surface area contributed by atoms with E-state index < -0.39 is 0 Å². The van der Waals surface area contributed by atoms with Crippen LogP contribution in [0.2, 0.25) is 0 Å². The molecule has 1 aromatic rings. The van der Waals surface area contributed by atoms with Crippen molar-refractivity contribution in [2.75, 3.05) is 33.5 Å². The molecule has 0 fully saturated rings. The second-order valence-electron chi connectivity index (χ2n) is 5.89. The maximum Gasteiger partial charge on any atom is 0.0700 e. The van der Waals surface area contributed by atoms with E-state index in [4.69, 9.17) is 9.47 Å². The molecule has 3 heteroatoms. The monoisotopic (exact) mass is 293 g/mol. The molecule has 1 N–H and O–H groups in total. The van der Waals surface area contributed by atoms with Crippen LogP contribution in [0.1, 0.15) is 39.2 Å². The third kappa shape index (κ3) is 6.16. The van der Waals surface area contributed by atoms with Gasteiger partial charge in [-0.2, -0.15) is 0 Å². The summed E-state index contributed by atoms with van der Waals surface area (Å²) in [6, 6.07) is 11.3. The van der Waals surface area contributed by atoms with E-state index >= 15 is 0 Å². The largest absolute Gasteiger partial charge is 0.382 e. The molecule has 0 heterocycles. The lowest BCUT2D eigenvalue weighted by Crippen LogP contribution is -2.41. The summed E-state index contributed by atoms with van der Waals surface area (Å²) < 4.78 is 10.7. The number of hydrogen-bond acceptors (Lipinski definition) is 3. The molecule has 0 saturated heterocycles. The van der Waals surface area contributed by atoms with E-state index in [0.717, 1.165) is 26.0 Å². The molecule has 1 rings (SSSR count). The summed E-state index contributed by atoms with van der Waals surface area (Å²) in [5, 5.41) is 3.61. The van der Waals surface area contributed by atoms with Crippen molar-refractivity contribution in [2.45, 2.75) is 45.1 Å². The zero-order chi connectivity index (χ0) is 15.6. The second kappa shape index (κ2) is 9.93. The molecule has 0 aromatic heterocycles. The predicted octanol–water partition coefficient (Wildman–Crippen LogP) is 3.39. The van der Waals surface area contributed by atoms with Crippen LogP contribution in [-0.4, -0.2) is 39.5 Å². The van der Waals surface area contributed by atoms with Crippen molar-refractivity contribution in [1.82, 2.24) is 5.32 Å². The highest BCUT2D eigenvalue weighted by atomic mass is 16.5. The van der Waals surface area contributed by atoms with E-state index in [1.807, 2.05) is 0 Å². The minimum Gasteiger partial charge on any atom is -0.382 e. The number of methoxy groups -OCH3 is 1. The number of rotatable bonds is 11. The van der Waals surface area contributed by atoms with Crippen molar-refractivity contribution in [1.29, 1.82) is 0 Å². The minimum atomic E-state index is 0.138. The maximum absolute atomic E-state index is 5.71.